The lowest BCUT2D eigenvalue weighted by atomic mass is 10.1. The molecular weight excluding hydrogens is 360 g/mol. The highest BCUT2D eigenvalue weighted by Gasteiger charge is 2.21. The fourth-order valence-corrected chi connectivity index (χ4v) is 4.17. The van der Waals surface area contributed by atoms with E-state index in [4.69, 9.17) is 0 Å². The van der Waals surface area contributed by atoms with Crippen LogP contribution in [0.2, 0.25) is 0 Å². The van der Waals surface area contributed by atoms with Crippen molar-refractivity contribution in [1.29, 1.82) is 0 Å². The van der Waals surface area contributed by atoms with Crippen LogP contribution < -0.4 is 0 Å². The van der Waals surface area contributed by atoms with E-state index < -0.39 is 0 Å². The number of benzene rings is 2. The van der Waals surface area contributed by atoms with E-state index >= 15 is 0 Å². The predicted octanol–water partition coefficient (Wildman–Crippen LogP) is 5.71. The molecule has 0 aliphatic carbocycles. The third kappa shape index (κ3) is 4.97. The number of hydrogen-bond donors (Lipinski definition) is 0. The monoisotopic (exact) mass is 376 g/mol. The minimum Gasteiger partial charge on any atom is -0.289 e. The number of ketones is 2. The van der Waals surface area contributed by atoms with Gasteiger partial charge in [-0.05, 0) is 34.1 Å². The molecule has 0 unspecified atom stereocenters. The number of thioether (sulfide) groups is 2. The zero-order valence-corrected chi connectivity index (χ0v) is 15.5. The summed E-state index contributed by atoms with van der Waals surface area (Å²) in [6.07, 6.45) is 6.39. The zero-order chi connectivity index (χ0) is 18.2. The fraction of sp³-hybridized carbons (Fsp3) is 0. The molecule has 0 fully saturated rings. The highest BCUT2D eigenvalue weighted by Crippen LogP contribution is 2.40. The van der Waals surface area contributed by atoms with E-state index in [0.717, 1.165) is 15.4 Å². The molecule has 3 rings (SSSR count). The van der Waals surface area contributed by atoms with Crippen LogP contribution in [-0.4, -0.2) is 11.6 Å². The van der Waals surface area contributed by atoms with Gasteiger partial charge in [0.1, 0.15) is 0 Å². The van der Waals surface area contributed by atoms with Gasteiger partial charge in [-0.1, -0.05) is 96.3 Å². The third-order valence-electron chi connectivity index (χ3n) is 3.56. The zero-order valence-electron chi connectivity index (χ0n) is 13.9. The maximum atomic E-state index is 12.7. The van der Waals surface area contributed by atoms with Gasteiger partial charge in [0.25, 0.3) is 0 Å². The molecule has 0 atom stereocenters. The number of carbonyl (C=O) groups excluding carboxylic acids is 2. The van der Waals surface area contributed by atoms with E-state index in [1.807, 2.05) is 71.5 Å². The summed E-state index contributed by atoms with van der Waals surface area (Å²) in [5, 5.41) is 3.75. The lowest BCUT2D eigenvalue weighted by Crippen LogP contribution is -2.10. The van der Waals surface area contributed by atoms with Crippen molar-refractivity contribution in [2.45, 2.75) is 0 Å². The van der Waals surface area contributed by atoms with Crippen LogP contribution in [0.3, 0.4) is 0 Å². The molecule has 0 saturated carbocycles. The molecule has 0 aromatic heterocycles. The molecule has 128 valence electrons. The van der Waals surface area contributed by atoms with Crippen LogP contribution in [-0.2, 0) is 9.59 Å². The van der Waals surface area contributed by atoms with E-state index in [2.05, 4.69) is 0 Å². The molecular formula is C22H16O2S2. The molecule has 1 aliphatic heterocycles. The van der Waals surface area contributed by atoms with E-state index in [0.29, 0.717) is 0 Å². The Morgan fingerprint density at radius 3 is 1.50 bits per heavy atom. The lowest BCUT2D eigenvalue weighted by Gasteiger charge is -2.04. The first-order valence-electron chi connectivity index (χ1n) is 8.01. The van der Waals surface area contributed by atoms with Gasteiger partial charge >= 0.3 is 0 Å². The van der Waals surface area contributed by atoms with Crippen LogP contribution in [0.1, 0.15) is 11.1 Å². The van der Waals surface area contributed by atoms with Crippen LogP contribution in [0.15, 0.2) is 93.4 Å². The Balaban J connectivity index is 1.83. The molecule has 0 amide bonds. The fourth-order valence-electron chi connectivity index (χ4n) is 2.29. The SMILES string of the molecule is O=C(/C=C/c1ccccc1)C(C(=O)/C=C/c1ccccc1)=C1SC=CS1. The van der Waals surface area contributed by atoms with Gasteiger partial charge in [0, 0.05) is 0 Å². The lowest BCUT2D eigenvalue weighted by molar-refractivity contribution is -0.116. The molecule has 2 aromatic rings. The first-order valence-corrected chi connectivity index (χ1v) is 9.77. The van der Waals surface area contributed by atoms with Crippen molar-refractivity contribution in [3.05, 3.63) is 105 Å². The van der Waals surface area contributed by atoms with E-state index in [9.17, 15) is 9.59 Å². The molecule has 0 bridgehead atoms. The van der Waals surface area contributed by atoms with Crippen LogP contribution in [0.4, 0.5) is 0 Å². The van der Waals surface area contributed by atoms with E-state index in [-0.39, 0.29) is 17.1 Å². The van der Waals surface area contributed by atoms with Crippen molar-refractivity contribution >= 4 is 47.2 Å². The van der Waals surface area contributed by atoms with Crippen molar-refractivity contribution in [3.8, 4) is 0 Å². The Labute approximate surface area is 161 Å². The molecule has 1 aliphatic rings. The summed E-state index contributed by atoms with van der Waals surface area (Å²) < 4.78 is 0.718. The van der Waals surface area contributed by atoms with Gasteiger partial charge in [0.15, 0.2) is 11.6 Å². The minimum atomic E-state index is -0.282. The average Bonchev–Trinajstić information content (AvgIpc) is 3.21. The van der Waals surface area contributed by atoms with Crippen LogP contribution in [0, 0.1) is 0 Å². The van der Waals surface area contributed by atoms with Gasteiger partial charge < -0.3 is 0 Å². The van der Waals surface area contributed by atoms with Crippen LogP contribution in [0.5, 0.6) is 0 Å². The maximum Gasteiger partial charge on any atom is 0.191 e. The summed E-state index contributed by atoms with van der Waals surface area (Å²) in [6.45, 7) is 0. The van der Waals surface area contributed by atoms with E-state index in [1.54, 1.807) is 12.2 Å². The van der Waals surface area contributed by atoms with Crippen molar-refractivity contribution in [2.24, 2.45) is 0 Å². The second-order valence-corrected chi connectivity index (χ2v) is 7.48. The van der Waals surface area contributed by atoms with Crippen LogP contribution in [0.25, 0.3) is 12.2 Å². The predicted molar refractivity (Wildman–Crippen MR) is 112 cm³/mol. The first kappa shape index (κ1) is 18.2. The molecule has 0 N–H and O–H groups in total. The second-order valence-electron chi connectivity index (χ2n) is 5.39. The maximum absolute atomic E-state index is 12.7. The van der Waals surface area contributed by atoms with Crippen molar-refractivity contribution < 1.29 is 9.59 Å². The van der Waals surface area contributed by atoms with Gasteiger partial charge in [0.2, 0.25) is 0 Å². The Hall–Kier alpha value is -2.56. The van der Waals surface area contributed by atoms with Gasteiger partial charge in [-0.25, -0.2) is 0 Å². The summed E-state index contributed by atoms with van der Waals surface area (Å²) in [5.41, 5.74) is 2.05. The number of carbonyl (C=O) groups is 2. The van der Waals surface area contributed by atoms with Crippen molar-refractivity contribution in [3.63, 3.8) is 0 Å². The number of rotatable bonds is 6. The average molecular weight is 377 g/mol. The first-order chi connectivity index (χ1) is 12.7. The largest absolute Gasteiger partial charge is 0.289 e. The molecule has 0 saturated heterocycles. The summed E-state index contributed by atoms with van der Waals surface area (Å²) in [6, 6.07) is 19.1. The van der Waals surface area contributed by atoms with Gasteiger partial charge in [-0.2, -0.15) is 0 Å². The molecule has 26 heavy (non-hydrogen) atoms. The topological polar surface area (TPSA) is 34.1 Å². The highest BCUT2D eigenvalue weighted by molar-refractivity contribution is 8.27. The molecule has 0 radical (unpaired) electrons. The molecule has 2 nitrogen and oxygen atoms in total. The Morgan fingerprint density at radius 1 is 0.654 bits per heavy atom. The minimum absolute atomic E-state index is 0.212. The smallest absolute Gasteiger partial charge is 0.191 e. The summed E-state index contributed by atoms with van der Waals surface area (Å²) >= 11 is 2.81. The van der Waals surface area contributed by atoms with Crippen molar-refractivity contribution in [2.75, 3.05) is 0 Å². The normalized spacial score (nSPS) is 13.6. The molecule has 1 heterocycles. The Morgan fingerprint density at radius 2 is 1.08 bits per heavy atom. The Bertz CT molecular complexity index is 834. The number of allylic oxidation sites excluding steroid dienone is 3. The summed E-state index contributed by atoms with van der Waals surface area (Å²) in [5.74, 6) is -0.564. The van der Waals surface area contributed by atoms with Crippen molar-refractivity contribution in [1.82, 2.24) is 0 Å². The van der Waals surface area contributed by atoms with Crippen LogP contribution >= 0.6 is 23.5 Å². The third-order valence-corrected chi connectivity index (χ3v) is 5.69. The highest BCUT2D eigenvalue weighted by atomic mass is 32.2. The van der Waals surface area contributed by atoms with Gasteiger partial charge in [-0.15, -0.1) is 0 Å². The van der Waals surface area contributed by atoms with Gasteiger partial charge in [0.05, 0.1) is 9.81 Å². The van der Waals surface area contributed by atoms with Gasteiger partial charge in [-0.3, -0.25) is 9.59 Å². The second kappa shape index (κ2) is 9.22. The standard InChI is InChI=1S/C22H16O2S2/c23-19(13-11-17-7-3-1-4-8-17)21(22-25-15-16-26-22)20(24)14-12-18-9-5-2-6-10-18/h1-16H/b13-11+,14-12+. The molecule has 0 spiro atoms. The summed E-state index contributed by atoms with van der Waals surface area (Å²) in [7, 11) is 0. The Kier molecular flexibility index (Phi) is 6.47. The molecule has 2 aromatic carbocycles. The molecule has 4 heteroatoms. The number of hydrogen-bond acceptors (Lipinski definition) is 4. The van der Waals surface area contributed by atoms with E-state index in [1.165, 1.54) is 35.7 Å². The summed E-state index contributed by atoms with van der Waals surface area (Å²) in [4.78, 5) is 25.4. The quantitative estimate of drug-likeness (QED) is 0.367.